The normalized spacial score (nSPS) is 12.7. The van der Waals surface area contributed by atoms with E-state index < -0.39 is 13.2 Å². The molecule has 0 aliphatic heterocycles. The topological polar surface area (TPSA) is 73.6 Å². The van der Waals surface area contributed by atoms with Gasteiger partial charge in [-0.1, -0.05) is 0 Å². The first-order chi connectivity index (χ1) is 5.63. The third-order valence-electron chi connectivity index (χ3n) is 1.62. The van der Waals surface area contributed by atoms with Crippen molar-refractivity contribution in [2.24, 2.45) is 0 Å². The summed E-state index contributed by atoms with van der Waals surface area (Å²) in [6, 6.07) is 1.56. The van der Waals surface area contributed by atoms with Crippen LogP contribution in [-0.2, 0) is 0 Å². The number of aliphatic hydroxyl groups excluding tert-OH is 1. The van der Waals surface area contributed by atoms with Crippen molar-refractivity contribution in [2.75, 3.05) is 0 Å². The fourth-order valence-corrected chi connectivity index (χ4v) is 1.01. The molecule has 1 atom stereocenters. The first-order valence-electron chi connectivity index (χ1n) is 3.61. The lowest BCUT2D eigenvalue weighted by Gasteiger charge is -2.09. The Morgan fingerprint density at radius 2 is 2.17 bits per heavy atom. The van der Waals surface area contributed by atoms with Gasteiger partial charge in [-0.15, -0.1) is 0 Å². The van der Waals surface area contributed by atoms with Gasteiger partial charge in [-0.05, 0) is 18.6 Å². The average Bonchev–Trinajstić information content (AvgIpc) is 2.04. The minimum atomic E-state index is -1.58. The maximum atomic E-state index is 9.20. The summed E-state index contributed by atoms with van der Waals surface area (Å²) in [7, 11) is -1.58. The molecule has 0 aliphatic rings. The number of rotatable bonds is 2. The van der Waals surface area contributed by atoms with Crippen molar-refractivity contribution in [2.45, 2.75) is 13.0 Å². The van der Waals surface area contributed by atoms with E-state index in [0.29, 0.717) is 5.56 Å². The summed E-state index contributed by atoms with van der Waals surface area (Å²) < 4.78 is 0. The molecule has 0 saturated carbocycles. The Kier molecular flexibility index (Phi) is 2.81. The van der Waals surface area contributed by atoms with Crippen LogP contribution in [0, 0.1) is 0 Å². The third kappa shape index (κ3) is 1.82. The second-order valence-corrected chi connectivity index (χ2v) is 2.55. The molecule has 0 saturated heterocycles. The highest BCUT2D eigenvalue weighted by molar-refractivity contribution is 6.59. The standard InChI is InChI=1S/C7H10BNO3/c1-5(10)6-2-3-9-4-7(6)8(11)12/h2-5,10-12H,1H3. The predicted molar refractivity (Wildman–Crippen MR) is 44.7 cm³/mol. The van der Waals surface area contributed by atoms with E-state index in [4.69, 9.17) is 10.0 Å². The molecule has 1 unspecified atom stereocenters. The summed E-state index contributed by atoms with van der Waals surface area (Å²) in [6.07, 6.45) is 2.10. The van der Waals surface area contributed by atoms with Crippen LogP contribution in [0.1, 0.15) is 18.6 Å². The molecule has 4 nitrogen and oxygen atoms in total. The highest BCUT2D eigenvalue weighted by Gasteiger charge is 2.17. The van der Waals surface area contributed by atoms with Gasteiger partial charge in [-0.2, -0.15) is 0 Å². The van der Waals surface area contributed by atoms with Crippen molar-refractivity contribution in [1.29, 1.82) is 0 Å². The van der Waals surface area contributed by atoms with Crippen LogP contribution in [0.3, 0.4) is 0 Å². The van der Waals surface area contributed by atoms with Crippen molar-refractivity contribution < 1.29 is 15.2 Å². The van der Waals surface area contributed by atoms with Gasteiger partial charge in [0.25, 0.3) is 0 Å². The molecule has 1 aromatic rings. The zero-order chi connectivity index (χ0) is 9.14. The molecule has 5 heteroatoms. The largest absolute Gasteiger partial charge is 0.490 e. The molecular weight excluding hydrogens is 157 g/mol. The lowest BCUT2D eigenvalue weighted by Crippen LogP contribution is -2.34. The molecule has 0 spiro atoms. The van der Waals surface area contributed by atoms with Gasteiger partial charge in [0.15, 0.2) is 0 Å². The highest BCUT2D eigenvalue weighted by atomic mass is 16.4. The molecular formula is C7H10BNO3. The SMILES string of the molecule is CC(O)c1ccncc1B(O)O. The minimum Gasteiger partial charge on any atom is -0.423 e. The molecule has 12 heavy (non-hydrogen) atoms. The summed E-state index contributed by atoms with van der Waals surface area (Å²) in [5, 5.41) is 26.9. The van der Waals surface area contributed by atoms with Gasteiger partial charge in [0.1, 0.15) is 0 Å². The van der Waals surface area contributed by atoms with Crippen LogP contribution in [0.5, 0.6) is 0 Å². The maximum Gasteiger partial charge on any atom is 0.490 e. The molecule has 1 aromatic heterocycles. The molecule has 0 radical (unpaired) electrons. The van der Waals surface area contributed by atoms with E-state index in [0.717, 1.165) is 0 Å². The minimum absolute atomic E-state index is 0.243. The fraction of sp³-hybridized carbons (Fsp3) is 0.286. The van der Waals surface area contributed by atoms with Crippen LogP contribution >= 0.6 is 0 Å². The summed E-state index contributed by atoms with van der Waals surface area (Å²) >= 11 is 0. The average molecular weight is 167 g/mol. The maximum absolute atomic E-state index is 9.20. The Bertz CT molecular complexity index is 238. The van der Waals surface area contributed by atoms with Gasteiger partial charge in [-0.3, -0.25) is 4.98 Å². The highest BCUT2D eigenvalue weighted by Crippen LogP contribution is 2.07. The van der Waals surface area contributed by atoms with Gasteiger partial charge < -0.3 is 15.2 Å². The van der Waals surface area contributed by atoms with Crippen molar-refractivity contribution >= 4 is 12.6 Å². The first-order valence-corrected chi connectivity index (χ1v) is 3.61. The summed E-state index contributed by atoms with van der Waals surface area (Å²) in [5.74, 6) is 0. The van der Waals surface area contributed by atoms with Crippen LogP contribution in [0.2, 0.25) is 0 Å². The third-order valence-corrected chi connectivity index (χ3v) is 1.62. The van der Waals surface area contributed by atoms with Crippen molar-refractivity contribution in [1.82, 2.24) is 4.98 Å². The van der Waals surface area contributed by atoms with Crippen LogP contribution in [0.15, 0.2) is 18.5 Å². The Hall–Kier alpha value is -0.905. The second-order valence-electron chi connectivity index (χ2n) is 2.55. The quantitative estimate of drug-likeness (QED) is 0.484. The van der Waals surface area contributed by atoms with Crippen LogP contribution in [0.25, 0.3) is 0 Å². The monoisotopic (exact) mass is 167 g/mol. The lowest BCUT2D eigenvalue weighted by molar-refractivity contribution is 0.200. The Balaban J connectivity index is 3.09. The van der Waals surface area contributed by atoms with Gasteiger partial charge in [-0.25, -0.2) is 0 Å². The number of aromatic nitrogens is 1. The Morgan fingerprint density at radius 1 is 1.50 bits per heavy atom. The fourth-order valence-electron chi connectivity index (χ4n) is 1.01. The van der Waals surface area contributed by atoms with Crippen LogP contribution < -0.4 is 5.46 Å². The Morgan fingerprint density at radius 3 is 2.58 bits per heavy atom. The Labute approximate surface area is 70.7 Å². The lowest BCUT2D eigenvalue weighted by atomic mass is 9.77. The molecule has 1 rings (SSSR count). The van der Waals surface area contributed by atoms with E-state index in [1.54, 1.807) is 13.0 Å². The van der Waals surface area contributed by atoms with Gasteiger partial charge in [0, 0.05) is 17.9 Å². The van der Waals surface area contributed by atoms with Crippen molar-refractivity contribution in [3.8, 4) is 0 Å². The van der Waals surface area contributed by atoms with E-state index in [1.165, 1.54) is 12.4 Å². The molecule has 64 valence electrons. The number of hydrogen-bond donors (Lipinski definition) is 3. The van der Waals surface area contributed by atoms with Gasteiger partial charge in [0.2, 0.25) is 0 Å². The van der Waals surface area contributed by atoms with E-state index in [1.807, 2.05) is 0 Å². The second kappa shape index (κ2) is 3.66. The summed E-state index contributed by atoms with van der Waals surface area (Å²) in [5.41, 5.74) is 0.729. The smallest absolute Gasteiger partial charge is 0.423 e. The molecule has 0 aromatic carbocycles. The van der Waals surface area contributed by atoms with Crippen LogP contribution in [0.4, 0.5) is 0 Å². The van der Waals surface area contributed by atoms with Gasteiger partial charge >= 0.3 is 7.12 Å². The van der Waals surface area contributed by atoms with E-state index in [-0.39, 0.29) is 5.46 Å². The molecule has 3 N–H and O–H groups in total. The molecule has 0 aliphatic carbocycles. The zero-order valence-electron chi connectivity index (χ0n) is 6.68. The van der Waals surface area contributed by atoms with E-state index in [2.05, 4.69) is 4.98 Å². The number of hydrogen-bond acceptors (Lipinski definition) is 4. The summed E-state index contributed by atoms with van der Waals surface area (Å²) in [4.78, 5) is 3.72. The number of aliphatic hydroxyl groups is 1. The molecule has 1 heterocycles. The van der Waals surface area contributed by atoms with Crippen LogP contribution in [-0.4, -0.2) is 27.3 Å². The number of pyridine rings is 1. The van der Waals surface area contributed by atoms with Crippen molar-refractivity contribution in [3.05, 3.63) is 24.0 Å². The van der Waals surface area contributed by atoms with E-state index in [9.17, 15) is 5.11 Å². The molecule has 0 amide bonds. The predicted octanol–water partition coefficient (Wildman–Crippen LogP) is -1.19. The molecule has 0 bridgehead atoms. The number of nitrogens with zero attached hydrogens (tertiary/aromatic N) is 1. The first kappa shape index (κ1) is 9.19. The van der Waals surface area contributed by atoms with E-state index >= 15 is 0 Å². The van der Waals surface area contributed by atoms with Gasteiger partial charge in [0.05, 0.1) is 6.10 Å². The van der Waals surface area contributed by atoms with Crippen molar-refractivity contribution in [3.63, 3.8) is 0 Å². The zero-order valence-corrected chi connectivity index (χ0v) is 6.68. The summed E-state index contributed by atoms with van der Waals surface area (Å²) in [6.45, 7) is 1.56. The molecule has 0 fully saturated rings.